The maximum absolute atomic E-state index is 5.75. The lowest BCUT2D eigenvalue weighted by atomic mass is 10.1. The Morgan fingerprint density at radius 3 is 2.93 bits per heavy atom. The third kappa shape index (κ3) is 6.71. The van der Waals surface area contributed by atoms with Crippen LogP contribution < -0.4 is 5.32 Å². The van der Waals surface area contributed by atoms with Crippen LogP contribution >= 0.6 is 0 Å². The Balaban J connectivity index is 1.53. The van der Waals surface area contributed by atoms with Gasteiger partial charge in [-0.1, -0.05) is 24.3 Å². The van der Waals surface area contributed by atoms with E-state index in [2.05, 4.69) is 53.6 Å². The Hall–Kier alpha value is -2.34. The van der Waals surface area contributed by atoms with Crippen LogP contribution in [0.5, 0.6) is 0 Å². The summed E-state index contributed by atoms with van der Waals surface area (Å²) in [6, 6.07) is 10.5. The highest BCUT2D eigenvalue weighted by atomic mass is 16.5. The van der Waals surface area contributed by atoms with Gasteiger partial charge < -0.3 is 15.0 Å². The van der Waals surface area contributed by atoms with Gasteiger partial charge in [0, 0.05) is 39.1 Å². The van der Waals surface area contributed by atoms with E-state index in [4.69, 9.17) is 9.73 Å². The van der Waals surface area contributed by atoms with Gasteiger partial charge in [-0.2, -0.15) is 5.10 Å². The molecule has 1 fully saturated rings. The van der Waals surface area contributed by atoms with E-state index in [0.717, 1.165) is 44.7 Å². The first-order chi connectivity index (χ1) is 13.2. The van der Waals surface area contributed by atoms with E-state index in [1.807, 2.05) is 16.9 Å². The van der Waals surface area contributed by atoms with Crippen LogP contribution in [-0.4, -0.2) is 54.0 Å². The first kappa shape index (κ1) is 19.4. The molecule has 1 aliphatic rings. The second kappa shape index (κ2) is 10.1. The standard InChI is InChI=1S/C21H31N5O/c1-3-22-21(25(2)12-13-27-17-18-8-9-18)23-15-19-6-4-7-20(14-19)16-26-11-5-10-24-26/h4-7,10-11,14,18H,3,8-9,12-13,15-17H2,1-2H3,(H,22,23). The number of ether oxygens (including phenoxy) is 1. The van der Waals surface area contributed by atoms with E-state index in [1.54, 1.807) is 6.20 Å². The van der Waals surface area contributed by atoms with E-state index in [9.17, 15) is 0 Å². The minimum absolute atomic E-state index is 0.655. The molecular weight excluding hydrogens is 338 g/mol. The monoisotopic (exact) mass is 369 g/mol. The summed E-state index contributed by atoms with van der Waals surface area (Å²) in [4.78, 5) is 6.94. The number of benzene rings is 1. The Kier molecular flexibility index (Phi) is 7.27. The van der Waals surface area contributed by atoms with Crippen molar-refractivity contribution in [3.8, 4) is 0 Å². The zero-order valence-corrected chi connectivity index (χ0v) is 16.5. The summed E-state index contributed by atoms with van der Waals surface area (Å²) < 4.78 is 7.68. The average Bonchev–Trinajstić information content (AvgIpc) is 3.37. The molecule has 0 amide bonds. The lowest BCUT2D eigenvalue weighted by Crippen LogP contribution is -2.40. The molecule has 0 aliphatic heterocycles. The van der Waals surface area contributed by atoms with Crippen molar-refractivity contribution in [1.82, 2.24) is 20.0 Å². The number of nitrogens with one attached hydrogen (secondary N) is 1. The van der Waals surface area contributed by atoms with Crippen LogP contribution in [0.15, 0.2) is 47.7 Å². The largest absolute Gasteiger partial charge is 0.379 e. The van der Waals surface area contributed by atoms with E-state index >= 15 is 0 Å². The first-order valence-corrected chi connectivity index (χ1v) is 9.87. The fraction of sp³-hybridized carbons (Fsp3) is 0.524. The summed E-state index contributed by atoms with van der Waals surface area (Å²) >= 11 is 0. The van der Waals surface area contributed by atoms with Crippen molar-refractivity contribution >= 4 is 5.96 Å². The van der Waals surface area contributed by atoms with Gasteiger partial charge in [0.25, 0.3) is 0 Å². The SMILES string of the molecule is CCNC(=NCc1cccc(Cn2cccn2)c1)N(C)CCOCC1CC1. The zero-order chi connectivity index (χ0) is 18.9. The summed E-state index contributed by atoms with van der Waals surface area (Å²) in [5.74, 6) is 1.73. The lowest BCUT2D eigenvalue weighted by Gasteiger charge is -2.22. The molecule has 1 aliphatic carbocycles. The number of rotatable bonds is 10. The van der Waals surface area contributed by atoms with Crippen molar-refractivity contribution in [2.75, 3.05) is 33.4 Å². The normalized spacial score (nSPS) is 14.4. The quantitative estimate of drug-likeness (QED) is 0.397. The third-order valence-electron chi connectivity index (χ3n) is 4.62. The van der Waals surface area contributed by atoms with Gasteiger partial charge in [-0.3, -0.25) is 4.68 Å². The summed E-state index contributed by atoms with van der Waals surface area (Å²) in [5, 5.41) is 7.65. The molecule has 2 aromatic rings. The van der Waals surface area contributed by atoms with Crippen LogP contribution in [0.25, 0.3) is 0 Å². The molecule has 1 aromatic heterocycles. The van der Waals surface area contributed by atoms with E-state index in [0.29, 0.717) is 6.54 Å². The Labute approximate surface area is 162 Å². The minimum atomic E-state index is 0.655. The van der Waals surface area contributed by atoms with Gasteiger partial charge in [-0.25, -0.2) is 4.99 Å². The molecule has 0 saturated heterocycles. The number of likely N-dealkylation sites (N-methyl/N-ethyl adjacent to an activating group) is 1. The molecule has 1 saturated carbocycles. The summed E-state index contributed by atoms with van der Waals surface area (Å²) in [7, 11) is 2.07. The maximum atomic E-state index is 5.75. The van der Waals surface area contributed by atoms with Crippen LogP contribution in [0.3, 0.4) is 0 Å². The van der Waals surface area contributed by atoms with Crippen LogP contribution in [0.4, 0.5) is 0 Å². The predicted molar refractivity (Wildman–Crippen MR) is 109 cm³/mol. The summed E-state index contributed by atoms with van der Waals surface area (Å²) in [6.07, 6.45) is 6.45. The van der Waals surface area contributed by atoms with Gasteiger partial charge in [0.2, 0.25) is 0 Å². The van der Waals surface area contributed by atoms with E-state index in [-0.39, 0.29) is 0 Å². The van der Waals surface area contributed by atoms with Crippen molar-refractivity contribution in [3.05, 3.63) is 53.9 Å². The minimum Gasteiger partial charge on any atom is -0.379 e. The summed E-state index contributed by atoms with van der Waals surface area (Å²) in [5.41, 5.74) is 2.44. The van der Waals surface area contributed by atoms with Crippen LogP contribution in [0.2, 0.25) is 0 Å². The molecule has 1 N–H and O–H groups in total. The molecule has 0 spiro atoms. The molecule has 0 atom stereocenters. The third-order valence-corrected chi connectivity index (χ3v) is 4.62. The first-order valence-electron chi connectivity index (χ1n) is 9.87. The fourth-order valence-corrected chi connectivity index (χ4v) is 2.89. The number of guanidine groups is 1. The number of aromatic nitrogens is 2. The molecule has 1 aromatic carbocycles. The Bertz CT molecular complexity index is 709. The molecule has 6 heteroatoms. The number of hydrogen-bond acceptors (Lipinski definition) is 3. The highest BCUT2D eigenvalue weighted by molar-refractivity contribution is 5.79. The van der Waals surface area contributed by atoms with Gasteiger partial charge in [0.1, 0.15) is 0 Å². The molecule has 1 heterocycles. The van der Waals surface area contributed by atoms with Gasteiger partial charge in [-0.15, -0.1) is 0 Å². The molecule has 0 unspecified atom stereocenters. The van der Waals surface area contributed by atoms with Crippen molar-refractivity contribution in [2.45, 2.75) is 32.9 Å². The van der Waals surface area contributed by atoms with Crippen molar-refractivity contribution in [3.63, 3.8) is 0 Å². The number of aliphatic imine (C=N–C) groups is 1. The summed E-state index contributed by atoms with van der Waals surface area (Å²) in [6.45, 7) is 6.88. The highest BCUT2D eigenvalue weighted by Gasteiger charge is 2.21. The van der Waals surface area contributed by atoms with Crippen LogP contribution in [0.1, 0.15) is 30.9 Å². The topological polar surface area (TPSA) is 54.7 Å². The molecule has 0 bridgehead atoms. The molecule has 0 radical (unpaired) electrons. The molecule has 146 valence electrons. The number of nitrogens with zero attached hydrogens (tertiary/aromatic N) is 4. The van der Waals surface area contributed by atoms with E-state index in [1.165, 1.54) is 24.0 Å². The van der Waals surface area contributed by atoms with Crippen molar-refractivity contribution in [2.24, 2.45) is 10.9 Å². The zero-order valence-electron chi connectivity index (χ0n) is 16.5. The molecule has 27 heavy (non-hydrogen) atoms. The Morgan fingerprint density at radius 1 is 1.33 bits per heavy atom. The van der Waals surface area contributed by atoms with Gasteiger partial charge in [-0.05, 0) is 42.9 Å². The van der Waals surface area contributed by atoms with E-state index < -0.39 is 0 Å². The second-order valence-electron chi connectivity index (χ2n) is 7.13. The van der Waals surface area contributed by atoms with Crippen molar-refractivity contribution in [1.29, 1.82) is 0 Å². The van der Waals surface area contributed by atoms with Crippen LogP contribution in [-0.2, 0) is 17.8 Å². The van der Waals surface area contributed by atoms with Gasteiger partial charge in [0.15, 0.2) is 5.96 Å². The maximum Gasteiger partial charge on any atom is 0.194 e. The van der Waals surface area contributed by atoms with Crippen molar-refractivity contribution < 1.29 is 4.74 Å². The van der Waals surface area contributed by atoms with Gasteiger partial charge >= 0.3 is 0 Å². The molecular formula is C21H31N5O. The molecule has 6 nitrogen and oxygen atoms in total. The smallest absolute Gasteiger partial charge is 0.194 e. The number of hydrogen-bond donors (Lipinski definition) is 1. The second-order valence-corrected chi connectivity index (χ2v) is 7.13. The average molecular weight is 370 g/mol. The fourth-order valence-electron chi connectivity index (χ4n) is 2.89. The van der Waals surface area contributed by atoms with Gasteiger partial charge in [0.05, 0.1) is 19.7 Å². The Morgan fingerprint density at radius 2 is 2.19 bits per heavy atom. The molecule has 3 rings (SSSR count). The lowest BCUT2D eigenvalue weighted by molar-refractivity contribution is 0.115. The highest BCUT2D eigenvalue weighted by Crippen LogP contribution is 2.28. The predicted octanol–water partition coefficient (Wildman–Crippen LogP) is 2.76. The van der Waals surface area contributed by atoms with Crippen LogP contribution in [0, 0.1) is 5.92 Å².